The van der Waals surface area contributed by atoms with Gasteiger partial charge in [-0.25, -0.2) is 4.98 Å². The Morgan fingerprint density at radius 2 is 2.05 bits per heavy atom. The fraction of sp³-hybridized carbons (Fsp3) is 0.400. The van der Waals surface area contributed by atoms with Crippen LogP contribution >= 0.6 is 27.3 Å². The van der Waals surface area contributed by atoms with Gasteiger partial charge in [-0.15, -0.1) is 11.3 Å². The summed E-state index contributed by atoms with van der Waals surface area (Å²) in [6, 6.07) is 6.69. The van der Waals surface area contributed by atoms with Crippen LogP contribution in [-0.2, 0) is 0 Å². The highest BCUT2D eigenvalue weighted by molar-refractivity contribution is 9.10. The van der Waals surface area contributed by atoms with Crippen LogP contribution in [0, 0.1) is 20.8 Å². The van der Waals surface area contributed by atoms with Crippen molar-refractivity contribution in [3.63, 3.8) is 0 Å². The maximum Gasteiger partial charge on any atom is 0.115 e. The molecule has 0 spiro atoms. The first-order valence-corrected chi connectivity index (χ1v) is 8.07. The predicted octanol–water partition coefficient (Wildman–Crippen LogP) is 4.53. The third-order valence-electron chi connectivity index (χ3n) is 3.22. The van der Waals surface area contributed by atoms with Gasteiger partial charge in [0.25, 0.3) is 0 Å². The molecule has 1 aromatic carbocycles. The molecule has 0 aliphatic rings. The Morgan fingerprint density at radius 3 is 2.58 bits per heavy atom. The lowest BCUT2D eigenvalue weighted by atomic mass is 10.0. The van der Waals surface area contributed by atoms with Crippen molar-refractivity contribution in [3.05, 3.63) is 49.4 Å². The van der Waals surface area contributed by atoms with Crippen molar-refractivity contribution in [2.75, 3.05) is 6.54 Å². The van der Waals surface area contributed by atoms with Gasteiger partial charge in [-0.3, -0.25) is 0 Å². The molecule has 0 fully saturated rings. The molecule has 4 heteroatoms. The monoisotopic (exact) mass is 338 g/mol. The van der Waals surface area contributed by atoms with E-state index in [1.807, 2.05) is 0 Å². The van der Waals surface area contributed by atoms with Crippen LogP contribution in [0.5, 0.6) is 0 Å². The summed E-state index contributed by atoms with van der Waals surface area (Å²) in [6.45, 7) is 9.38. The molecule has 19 heavy (non-hydrogen) atoms. The molecule has 1 N–H and O–H groups in total. The van der Waals surface area contributed by atoms with Gasteiger partial charge >= 0.3 is 0 Å². The number of hydrogen-bond acceptors (Lipinski definition) is 3. The minimum absolute atomic E-state index is 0.189. The predicted molar refractivity (Wildman–Crippen MR) is 86.0 cm³/mol. The fourth-order valence-corrected chi connectivity index (χ4v) is 3.29. The van der Waals surface area contributed by atoms with E-state index in [0.717, 1.165) is 21.7 Å². The first kappa shape index (κ1) is 14.7. The van der Waals surface area contributed by atoms with Crippen molar-refractivity contribution in [1.29, 1.82) is 0 Å². The second-order valence-electron chi connectivity index (χ2n) is 4.69. The van der Waals surface area contributed by atoms with Crippen LogP contribution in [0.15, 0.2) is 22.7 Å². The van der Waals surface area contributed by atoms with Crippen LogP contribution in [0.3, 0.4) is 0 Å². The lowest BCUT2D eigenvalue weighted by Gasteiger charge is -2.17. The highest BCUT2D eigenvalue weighted by atomic mass is 79.9. The zero-order valence-electron chi connectivity index (χ0n) is 11.7. The van der Waals surface area contributed by atoms with Gasteiger partial charge in [0.2, 0.25) is 0 Å². The Labute approximate surface area is 127 Å². The number of aromatic nitrogens is 1. The molecule has 0 radical (unpaired) electrons. The fourth-order valence-electron chi connectivity index (χ4n) is 2.02. The van der Waals surface area contributed by atoms with Crippen molar-refractivity contribution in [2.45, 2.75) is 33.7 Å². The van der Waals surface area contributed by atoms with Crippen LogP contribution in [0.2, 0.25) is 0 Å². The summed E-state index contributed by atoms with van der Waals surface area (Å²) in [5.41, 5.74) is 3.67. The highest BCUT2D eigenvalue weighted by Crippen LogP contribution is 2.29. The van der Waals surface area contributed by atoms with Crippen LogP contribution in [0.4, 0.5) is 0 Å². The van der Waals surface area contributed by atoms with Crippen molar-refractivity contribution < 1.29 is 0 Å². The zero-order chi connectivity index (χ0) is 14.0. The number of halogens is 1. The molecule has 102 valence electrons. The number of nitrogens with one attached hydrogen (secondary N) is 1. The van der Waals surface area contributed by atoms with Crippen LogP contribution < -0.4 is 5.32 Å². The normalized spacial score (nSPS) is 12.7. The minimum Gasteiger partial charge on any atom is -0.305 e. The Balaban J connectivity index is 2.41. The maximum absolute atomic E-state index is 4.70. The summed E-state index contributed by atoms with van der Waals surface area (Å²) in [5, 5.41) is 4.69. The van der Waals surface area contributed by atoms with E-state index in [-0.39, 0.29) is 6.04 Å². The quantitative estimate of drug-likeness (QED) is 0.885. The van der Waals surface area contributed by atoms with E-state index in [2.05, 4.69) is 67.1 Å². The average molecular weight is 339 g/mol. The van der Waals surface area contributed by atoms with Gasteiger partial charge in [-0.05, 0) is 44.5 Å². The Bertz CT molecular complexity index is 558. The van der Waals surface area contributed by atoms with Gasteiger partial charge in [0.05, 0.1) is 11.7 Å². The lowest BCUT2D eigenvalue weighted by Crippen LogP contribution is -2.22. The number of thiazole rings is 1. The smallest absolute Gasteiger partial charge is 0.115 e. The molecular weight excluding hydrogens is 320 g/mol. The molecule has 0 bridgehead atoms. The van der Waals surface area contributed by atoms with Crippen LogP contribution in [0.1, 0.15) is 39.7 Å². The largest absolute Gasteiger partial charge is 0.305 e. The molecule has 2 rings (SSSR count). The second-order valence-corrected chi connectivity index (χ2v) is 6.78. The van der Waals surface area contributed by atoms with E-state index < -0.39 is 0 Å². The Kier molecular flexibility index (Phi) is 4.76. The molecule has 2 nitrogen and oxygen atoms in total. The maximum atomic E-state index is 4.70. The molecule has 0 amide bonds. The van der Waals surface area contributed by atoms with Crippen molar-refractivity contribution in [3.8, 4) is 0 Å². The highest BCUT2D eigenvalue weighted by Gasteiger charge is 2.18. The molecule has 0 saturated heterocycles. The van der Waals surface area contributed by atoms with Crippen LogP contribution in [0.25, 0.3) is 0 Å². The average Bonchev–Trinajstić information content (AvgIpc) is 2.70. The number of benzene rings is 1. The summed E-state index contributed by atoms with van der Waals surface area (Å²) in [7, 11) is 0. The van der Waals surface area contributed by atoms with E-state index in [1.54, 1.807) is 11.3 Å². The van der Waals surface area contributed by atoms with Crippen molar-refractivity contribution >= 4 is 27.3 Å². The van der Waals surface area contributed by atoms with Gasteiger partial charge in [0.1, 0.15) is 5.01 Å². The first-order valence-electron chi connectivity index (χ1n) is 6.46. The Hall–Kier alpha value is -0.710. The molecule has 1 heterocycles. The zero-order valence-corrected chi connectivity index (χ0v) is 14.2. The lowest BCUT2D eigenvalue weighted by molar-refractivity contribution is 0.625. The van der Waals surface area contributed by atoms with Gasteiger partial charge in [-0.1, -0.05) is 35.0 Å². The molecular formula is C15H19BrN2S. The molecule has 0 aliphatic heterocycles. The number of hydrogen-bond donors (Lipinski definition) is 1. The molecule has 1 atom stereocenters. The molecule has 2 aromatic rings. The van der Waals surface area contributed by atoms with E-state index in [9.17, 15) is 0 Å². The van der Waals surface area contributed by atoms with Gasteiger partial charge in [-0.2, -0.15) is 0 Å². The van der Waals surface area contributed by atoms with Crippen LogP contribution in [-0.4, -0.2) is 11.5 Å². The van der Waals surface area contributed by atoms with E-state index in [4.69, 9.17) is 4.98 Å². The molecule has 1 unspecified atom stereocenters. The van der Waals surface area contributed by atoms with Gasteiger partial charge in [0, 0.05) is 9.35 Å². The third kappa shape index (κ3) is 3.25. The summed E-state index contributed by atoms with van der Waals surface area (Å²) < 4.78 is 1.15. The van der Waals surface area contributed by atoms with E-state index >= 15 is 0 Å². The number of aryl methyl sites for hydroxylation is 3. The molecule has 1 aromatic heterocycles. The SMILES string of the molecule is CCNC(c1ccc(Br)c(C)c1)c1nc(C)c(C)s1. The van der Waals surface area contributed by atoms with Gasteiger partial charge in [0.15, 0.2) is 0 Å². The minimum atomic E-state index is 0.189. The van der Waals surface area contributed by atoms with Crippen molar-refractivity contribution in [1.82, 2.24) is 10.3 Å². The second kappa shape index (κ2) is 6.16. The number of rotatable bonds is 4. The first-order chi connectivity index (χ1) is 9.02. The topological polar surface area (TPSA) is 24.9 Å². The molecule has 0 saturated carbocycles. The van der Waals surface area contributed by atoms with E-state index in [1.165, 1.54) is 16.0 Å². The number of nitrogens with zero attached hydrogens (tertiary/aromatic N) is 1. The summed E-state index contributed by atoms with van der Waals surface area (Å²) in [6.07, 6.45) is 0. The Morgan fingerprint density at radius 1 is 1.32 bits per heavy atom. The standard InChI is InChI=1S/C15H19BrN2S/c1-5-17-14(15-18-10(3)11(4)19-15)12-6-7-13(16)9(2)8-12/h6-8,14,17H,5H2,1-4H3. The summed E-state index contributed by atoms with van der Waals surface area (Å²) >= 11 is 5.34. The van der Waals surface area contributed by atoms with E-state index in [0.29, 0.717) is 0 Å². The summed E-state index contributed by atoms with van der Waals surface area (Å²) in [5.74, 6) is 0. The molecule has 0 aliphatic carbocycles. The van der Waals surface area contributed by atoms with Crippen molar-refractivity contribution in [2.24, 2.45) is 0 Å². The summed E-state index contributed by atoms with van der Waals surface area (Å²) in [4.78, 5) is 6.00. The third-order valence-corrected chi connectivity index (χ3v) is 5.24. The van der Waals surface area contributed by atoms with Gasteiger partial charge < -0.3 is 5.32 Å².